The van der Waals surface area contributed by atoms with Crippen LogP contribution in [0.1, 0.15) is 18.5 Å². The van der Waals surface area contributed by atoms with Gasteiger partial charge in [-0.3, -0.25) is 9.69 Å². The first-order chi connectivity index (χ1) is 11.2. The smallest absolute Gasteiger partial charge is 0.241 e. The van der Waals surface area contributed by atoms with E-state index in [0.29, 0.717) is 10.9 Å². The number of benzene rings is 1. The Labute approximate surface area is 143 Å². The average Bonchev–Trinajstić information content (AvgIpc) is 3.18. The molecule has 0 radical (unpaired) electrons. The Kier molecular flexibility index (Phi) is 5.09. The second kappa shape index (κ2) is 7.25. The molecule has 2 aromatic rings. The third-order valence-electron chi connectivity index (χ3n) is 3.89. The molecule has 1 aliphatic rings. The van der Waals surface area contributed by atoms with Crippen molar-refractivity contribution in [2.24, 2.45) is 0 Å². The fourth-order valence-corrected chi connectivity index (χ4v) is 3.31. The van der Waals surface area contributed by atoms with Gasteiger partial charge in [-0.25, -0.2) is 0 Å². The number of ether oxygens (including phenoxy) is 1. The summed E-state index contributed by atoms with van der Waals surface area (Å²) in [7, 11) is 1.61. The van der Waals surface area contributed by atoms with Crippen LogP contribution in [0.15, 0.2) is 24.3 Å². The number of hydrogen-bond donors (Lipinski definition) is 1. The van der Waals surface area contributed by atoms with Crippen LogP contribution in [0.5, 0.6) is 5.75 Å². The van der Waals surface area contributed by atoms with Crippen molar-refractivity contribution in [3.8, 4) is 5.75 Å². The van der Waals surface area contributed by atoms with Crippen molar-refractivity contribution in [1.82, 2.24) is 14.5 Å². The molecule has 3 rings (SSSR count). The highest BCUT2D eigenvalue weighted by atomic mass is 35.5. The Morgan fingerprint density at radius 2 is 2.26 bits per heavy atom. The van der Waals surface area contributed by atoms with E-state index in [4.69, 9.17) is 16.3 Å². The molecule has 0 bridgehead atoms. The predicted octanol–water partition coefficient (Wildman–Crippen LogP) is 2.80. The molecule has 1 saturated heterocycles. The van der Waals surface area contributed by atoms with E-state index in [1.165, 1.54) is 11.5 Å². The zero-order valence-electron chi connectivity index (χ0n) is 12.7. The summed E-state index contributed by atoms with van der Waals surface area (Å²) < 4.78 is 9.54. The third kappa shape index (κ3) is 3.80. The maximum atomic E-state index is 12.5. The minimum atomic E-state index is -0.171. The summed E-state index contributed by atoms with van der Waals surface area (Å²) >= 11 is 7.23. The standard InChI is InChI=1S/C15H17ClN4O2S/c1-22-11-6-4-10(5-7-11)17-15(21)13-3-2-8-20(13)9-12-14(16)23-19-18-12/h4-7,13H,2-3,8-9H2,1H3,(H,17,21)/t13-/m0/s1. The van der Waals surface area contributed by atoms with E-state index < -0.39 is 0 Å². The predicted molar refractivity (Wildman–Crippen MR) is 90.0 cm³/mol. The molecule has 1 N–H and O–H groups in total. The molecule has 0 unspecified atom stereocenters. The van der Waals surface area contributed by atoms with Gasteiger partial charge in [-0.2, -0.15) is 0 Å². The van der Waals surface area contributed by atoms with Gasteiger partial charge in [0.05, 0.1) is 13.2 Å². The Balaban J connectivity index is 1.64. The molecule has 1 aromatic carbocycles. The number of likely N-dealkylation sites (tertiary alicyclic amines) is 1. The molecule has 2 heterocycles. The van der Waals surface area contributed by atoms with Crippen molar-refractivity contribution < 1.29 is 9.53 Å². The Morgan fingerprint density at radius 1 is 1.48 bits per heavy atom. The number of anilines is 1. The summed E-state index contributed by atoms with van der Waals surface area (Å²) in [6.45, 7) is 1.41. The van der Waals surface area contributed by atoms with Gasteiger partial charge >= 0.3 is 0 Å². The summed E-state index contributed by atoms with van der Waals surface area (Å²) in [4.78, 5) is 14.6. The van der Waals surface area contributed by atoms with Gasteiger partial charge in [-0.05, 0) is 43.7 Å². The van der Waals surface area contributed by atoms with Crippen molar-refractivity contribution in [3.05, 3.63) is 34.3 Å². The minimum absolute atomic E-state index is 0.00743. The van der Waals surface area contributed by atoms with Crippen LogP contribution in [-0.4, -0.2) is 40.1 Å². The number of halogens is 1. The molecule has 1 atom stereocenters. The number of hydrogen-bond acceptors (Lipinski definition) is 6. The normalized spacial score (nSPS) is 18.1. The molecule has 6 nitrogen and oxygen atoms in total. The molecule has 8 heteroatoms. The maximum Gasteiger partial charge on any atom is 0.241 e. The van der Waals surface area contributed by atoms with Crippen LogP contribution >= 0.6 is 23.1 Å². The highest BCUT2D eigenvalue weighted by Gasteiger charge is 2.31. The number of methoxy groups -OCH3 is 1. The first-order valence-corrected chi connectivity index (χ1v) is 8.48. The van der Waals surface area contributed by atoms with Gasteiger partial charge in [0.25, 0.3) is 0 Å². The lowest BCUT2D eigenvalue weighted by Crippen LogP contribution is -2.39. The van der Waals surface area contributed by atoms with Gasteiger partial charge in [0, 0.05) is 23.8 Å². The van der Waals surface area contributed by atoms with Crippen molar-refractivity contribution in [3.63, 3.8) is 0 Å². The summed E-state index contributed by atoms with van der Waals surface area (Å²) in [5, 5.41) is 6.98. The van der Waals surface area contributed by atoms with E-state index >= 15 is 0 Å². The zero-order chi connectivity index (χ0) is 16.2. The van der Waals surface area contributed by atoms with E-state index in [-0.39, 0.29) is 11.9 Å². The minimum Gasteiger partial charge on any atom is -0.497 e. The number of aromatic nitrogens is 2. The van der Waals surface area contributed by atoms with Gasteiger partial charge in [0.2, 0.25) is 5.91 Å². The van der Waals surface area contributed by atoms with E-state index in [1.54, 1.807) is 7.11 Å². The number of amides is 1. The first-order valence-electron chi connectivity index (χ1n) is 7.33. The van der Waals surface area contributed by atoms with Crippen molar-refractivity contribution in [1.29, 1.82) is 0 Å². The molecule has 1 amide bonds. The number of carbonyl (C=O) groups excluding carboxylic acids is 1. The Morgan fingerprint density at radius 3 is 2.91 bits per heavy atom. The van der Waals surface area contributed by atoms with Crippen LogP contribution in [0.3, 0.4) is 0 Å². The van der Waals surface area contributed by atoms with Gasteiger partial charge in [-0.15, -0.1) is 5.10 Å². The average molecular weight is 353 g/mol. The van der Waals surface area contributed by atoms with Crippen molar-refractivity contribution in [2.45, 2.75) is 25.4 Å². The molecule has 122 valence electrons. The molecule has 0 aliphatic carbocycles. The van der Waals surface area contributed by atoms with E-state index in [9.17, 15) is 4.79 Å². The summed E-state index contributed by atoms with van der Waals surface area (Å²) in [6.07, 6.45) is 1.81. The summed E-state index contributed by atoms with van der Waals surface area (Å²) in [6, 6.07) is 7.13. The highest BCUT2D eigenvalue weighted by Crippen LogP contribution is 2.25. The molecule has 23 heavy (non-hydrogen) atoms. The van der Waals surface area contributed by atoms with Crippen LogP contribution in [0.25, 0.3) is 0 Å². The third-order valence-corrected chi connectivity index (χ3v) is 4.87. The maximum absolute atomic E-state index is 12.5. The lowest BCUT2D eigenvalue weighted by Gasteiger charge is -2.22. The lowest BCUT2D eigenvalue weighted by atomic mass is 10.2. The van der Waals surface area contributed by atoms with Gasteiger partial charge in [0.15, 0.2) is 0 Å². The van der Waals surface area contributed by atoms with E-state index in [0.717, 1.165) is 36.5 Å². The number of nitrogens with zero attached hydrogens (tertiary/aromatic N) is 3. The van der Waals surface area contributed by atoms with Crippen LogP contribution in [0.2, 0.25) is 4.34 Å². The van der Waals surface area contributed by atoms with Crippen molar-refractivity contribution >= 4 is 34.7 Å². The van der Waals surface area contributed by atoms with Gasteiger partial charge in [0.1, 0.15) is 15.8 Å². The van der Waals surface area contributed by atoms with Crippen LogP contribution in [-0.2, 0) is 11.3 Å². The molecular formula is C15H17ClN4O2S. The quantitative estimate of drug-likeness (QED) is 0.896. The van der Waals surface area contributed by atoms with Crippen LogP contribution < -0.4 is 10.1 Å². The molecular weight excluding hydrogens is 336 g/mol. The summed E-state index contributed by atoms with van der Waals surface area (Å²) in [5.74, 6) is 0.753. The fraction of sp³-hybridized carbons (Fsp3) is 0.400. The molecule has 1 aromatic heterocycles. The monoisotopic (exact) mass is 352 g/mol. The molecule has 0 saturated carbocycles. The highest BCUT2D eigenvalue weighted by molar-refractivity contribution is 7.10. The Bertz CT molecular complexity index is 676. The number of carbonyl (C=O) groups is 1. The largest absolute Gasteiger partial charge is 0.497 e. The van der Waals surface area contributed by atoms with Crippen molar-refractivity contribution in [2.75, 3.05) is 19.0 Å². The second-order valence-corrected chi connectivity index (χ2v) is 6.70. The lowest BCUT2D eigenvalue weighted by molar-refractivity contribution is -0.120. The first kappa shape index (κ1) is 16.2. The SMILES string of the molecule is COc1ccc(NC(=O)[C@@H]2CCCN2Cc2nnsc2Cl)cc1. The van der Waals surface area contributed by atoms with Gasteiger partial charge < -0.3 is 10.1 Å². The summed E-state index contributed by atoms with van der Waals surface area (Å²) in [5.41, 5.74) is 1.50. The van der Waals surface area contributed by atoms with Crippen LogP contribution in [0.4, 0.5) is 5.69 Å². The fourth-order valence-electron chi connectivity index (χ4n) is 2.70. The van der Waals surface area contributed by atoms with E-state index in [1.807, 2.05) is 24.3 Å². The topological polar surface area (TPSA) is 67.3 Å². The molecule has 1 aliphatic heterocycles. The zero-order valence-corrected chi connectivity index (χ0v) is 14.2. The Hall–Kier alpha value is -1.70. The number of nitrogens with one attached hydrogen (secondary N) is 1. The van der Waals surface area contributed by atoms with E-state index in [2.05, 4.69) is 19.8 Å². The van der Waals surface area contributed by atoms with Crippen LogP contribution in [0, 0.1) is 0 Å². The number of rotatable bonds is 5. The molecule has 1 fully saturated rings. The second-order valence-electron chi connectivity index (χ2n) is 5.34. The van der Waals surface area contributed by atoms with Gasteiger partial charge in [-0.1, -0.05) is 16.1 Å². The molecule has 0 spiro atoms.